The number of ether oxygens (including phenoxy) is 1. The van der Waals surface area contributed by atoms with Crippen LogP contribution in [0.4, 0.5) is 5.82 Å². The first kappa shape index (κ1) is 14.5. The lowest BCUT2D eigenvalue weighted by Crippen LogP contribution is -2.25. The van der Waals surface area contributed by atoms with Gasteiger partial charge in [0, 0.05) is 5.92 Å². The van der Waals surface area contributed by atoms with Gasteiger partial charge in [0.05, 0.1) is 12.8 Å². The van der Waals surface area contributed by atoms with E-state index in [0.717, 1.165) is 25.7 Å². The molecule has 0 spiro atoms. The molecule has 1 aromatic rings. The molecule has 1 saturated carbocycles. The Morgan fingerprint density at radius 3 is 2.85 bits per heavy atom. The molecule has 0 saturated heterocycles. The van der Waals surface area contributed by atoms with Crippen molar-refractivity contribution in [2.45, 2.75) is 45.6 Å². The second kappa shape index (κ2) is 7.02. The Labute approximate surface area is 117 Å². The summed E-state index contributed by atoms with van der Waals surface area (Å²) in [6, 6.07) is 0. The largest absolute Gasteiger partial charge is 0.465 e. The van der Waals surface area contributed by atoms with Crippen LogP contribution in [0, 0.1) is 5.92 Å². The lowest BCUT2D eigenvalue weighted by molar-refractivity contribution is -0.144. The van der Waals surface area contributed by atoms with Crippen LogP contribution in [-0.2, 0) is 20.9 Å². The van der Waals surface area contributed by atoms with Crippen molar-refractivity contribution in [2.75, 3.05) is 11.9 Å². The molecule has 0 aliphatic heterocycles. The van der Waals surface area contributed by atoms with Crippen LogP contribution in [0.25, 0.3) is 0 Å². The monoisotopic (exact) mass is 280 g/mol. The van der Waals surface area contributed by atoms with Crippen molar-refractivity contribution in [3.63, 3.8) is 0 Å². The summed E-state index contributed by atoms with van der Waals surface area (Å²) >= 11 is 0. The molecule has 0 bridgehead atoms. The van der Waals surface area contributed by atoms with Crippen molar-refractivity contribution in [1.29, 1.82) is 0 Å². The SMILES string of the molecule is CCOC(=O)Cn1ncc(NC(=O)C2CCCCC2)n1. The molecule has 20 heavy (non-hydrogen) atoms. The smallest absolute Gasteiger partial charge is 0.329 e. The van der Waals surface area contributed by atoms with Gasteiger partial charge >= 0.3 is 5.97 Å². The molecule has 7 heteroatoms. The fourth-order valence-electron chi connectivity index (χ4n) is 2.35. The van der Waals surface area contributed by atoms with E-state index < -0.39 is 5.97 Å². The zero-order valence-corrected chi connectivity index (χ0v) is 11.7. The lowest BCUT2D eigenvalue weighted by atomic mass is 9.89. The van der Waals surface area contributed by atoms with Gasteiger partial charge in [-0.3, -0.25) is 4.79 Å². The van der Waals surface area contributed by atoms with Crippen LogP contribution in [0.2, 0.25) is 0 Å². The first-order chi connectivity index (χ1) is 9.69. The van der Waals surface area contributed by atoms with Crippen LogP contribution in [0.1, 0.15) is 39.0 Å². The highest BCUT2D eigenvalue weighted by molar-refractivity contribution is 5.91. The molecule has 0 unspecified atom stereocenters. The Morgan fingerprint density at radius 2 is 2.15 bits per heavy atom. The van der Waals surface area contributed by atoms with Gasteiger partial charge in [-0.05, 0) is 19.8 Å². The Kier molecular flexibility index (Phi) is 5.09. The molecule has 1 amide bonds. The quantitative estimate of drug-likeness (QED) is 0.823. The maximum atomic E-state index is 12.0. The van der Waals surface area contributed by atoms with Crippen molar-refractivity contribution in [2.24, 2.45) is 5.92 Å². The number of hydrogen-bond donors (Lipinski definition) is 1. The van der Waals surface area contributed by atoms with Gasteiger partial charge in [-0.2, -0.15) is 9.90 Å². The van der Waals surface area contributed by atoms with Gasteiger partial charge in [-0.25, -0.2) is 4.79 Å². The Balaban J connectivity index is 1.85. The number of rotatable bonds is 5. The highest BCUT2D eigenvalue weighted by atomic mass is 16.5. The molecule has 7 nitrogen and oxygen atoms in total. The molecule has 2 rings (SSSR count). The number of amides is 1. The summed E-state index contributed by atoms with van der Waals surface area (Å²) < 4.78 is 4.80. The van der Waals surface area contributed by atoms with E-state index in [0.29, 0.717) is 12.4 Å². The van der Waals surface area contributed by atoms with Crippen molar-refractivity contribution < 1.29 is 14.3 Å². The Hall–Kier alpha value is -1.92. The number of aromatic nitrogens is 3. The third-order valence-electron chi connectivity index (χ3n) is 3.34. The third-order valence-corrected chi connectivity index (χ3v) is 3.34. The molecule has 1 fully saturated rings. The molecular weight excluding hydrogens is 260 g/mol. The fraction of sp³-hybridized carbons (Fsp3) is 0.692. The molecule has 1 N–H and O–H groups in total. The number of hydrogen-bond acceptors (Lipinski definition) is 5. The summed E-state index contributed by atoms with van der Waals surface area (Å²) in [5.74, 6) is 0.0463. The summed E-state index contributed by atoms with van der Waals surface area (Å²) in [7, 11) is 0. The van der Waals surface area contributed by atoms with Crippen molar-refractivity contribution in [3.05, 3.63) is 6.20 Å². The molecule has 0 atom stereocenters. The Morgan fingerprint density at radius 1 is 1.40 bits per heavy atom. The third kappa shape index (κ3) is 4.04. The topological polar surface area (TPSA) is 86.1 Å². The zero-order valence-electron chi connectivity index (χ0n) is 11.7. The standard InChI is InChI=1S/C13H20N4O3/c1-2-20-12(18)9-17-14-8-11(16-17)15-13(19)10-6-4-3-5-7-10/h8,10H,2-7,9H2,1H3,(H,15,16,19). The predicted octanol–water partition coefficient (Wildman–Crippen LogP) is 1.36. The van der Waals surface area contributed by atoms with Gasteiger partial charge in [0.2, 0.25) is 5.91 Å². The summed E-state index contributed by atoms with van der Waals surface area (Å²) in [6.07, 6.45) is 6.73. The average Bonchev–Trinajstić information content (AvgIpc) is 2.87. The molecule has 0 aromatic carbocycles. The first-order valence-corrected chi connectivity index (χ1v) is 7.05. The molecule has 1 aromatic heterocycles. The second-order valence-electron chi connectivity index (χ2n) is 4.89. The van der Waals surface area contributed by atoms with Gasteiger partial charge in [0.25, 0.3) is 0 Å². The molecular formula is C13H20N4O3. The van der Waals surface area contributed by atoms with E-state index >= 15 is 0 Å². The summed E-state index contributed by atoms with van der Waals surface area (Å²) in [5.41, 5.74) is 0. The highest BCUT2D eigenvalue weighted by Gasteiger charge is 2.21. The minimum absolute atomic E-state index is 0.00659. The molecule has 1 aliphatic rings. The minimum atomic E-state index is -0.395. The van der Waals surface area contributed by atoms with E-state index in [2.05, 4.69) is 15.5 Å². The molecule has 1 aliphatic carbocycles. The van der Waals surface area contributed by atoms with E-state index in [1.165, 1.54) is 17.4 Å². The Bertz CT molecular complexity index is 466. The number of nitrogens with zero attached hydrogens (tertiary/aromatic N) is 3. The first-order valence-electron chi connectivity index (χ1n) is 7.05. The minimum Gasteiger partial charge on any atom is -0.465 e. The van der Waals surface area contributed by atoms with Crippen LogP contribution < -0.4 is 5.32 Å². The van der Waals surface area contributed by atoms with E-state index in [-0.39, 0.29) is 18.4 Å². The van der Waals surface area contributed by atoms with Crippen molar-refractivity contribution in [1.82, 2.24) is 15.0 Å². The highest BCUT2D eigenvalue weighted by Crippen LogP contribution is 2.24. The van der Waals surface area contributed by atoms with Crippen LogP contribution in [0.5, 0.6) is 0 Å². The van der Waals surface area contributed by atoms with Gasteiger partial charge in [0.1, 0.15) is 0 Å². The van der Waals surface area contributed by atoms with E-state index in [9.17, 15) is 9.59 Å². The molecule has 1 heterocycles. The predicted molar refractivity (Wildman–Crippen MR) is 71.9 cm³/mol. The van der Waals surface area contributed by atoms with Crippen LogP contribution >= 0.6 is 0 Å². The van der Waals surface area contributed by atoms with Gasteiger partial charge in [0.15, 0.2) is 12.4 Å². The van der Waals surface area contributed by atoms with Crippen molar-refractivity contribution >= 4 is 17.7 Å². The number of anilines is 1. The number of esters is 1. The fourth-order valence-corrected chi connectivity index (χ4v) is 2.35. The van der Waals surface area contributed by atoms with Gasteiger partial charge < -0.3 is 10.1 Å². The number of nitrogens with one attached hydrogen (secondary N) is 1. The molecule has 110 valence electrons. The van der Waals surface area contributed by atoms with Crippen LogP contribution in [0.15, 0.2) is 6.20 Å². The van der Waals surface area contributed by atoms with E-state index in [1.54, 1.807) is 6.92 Å². The summed E-state index contributed by atoms with van der Waals surface area (Å²) in [4.78, 5) is 24.5. The zero-order chi connectivity index (χ0) is 14.4. The molecule has 0 radical (unpaired) electrons. The van der Waals surface area contributed by atoms with Gasteiger partial charge in [-0.15, -0.1) is 5.10 Å². The number of carbonyl (C=O) groups is 2. The van der Waals surface area contributed by atoms with Gasteiger partial charge in [-0.1, -0.05) is 19.3 Å². The summed E-state index contributed by atoms with van der Waals surface area (Å²) in [5, 5.41) is 10.7. The maximum absolute atomic E-state index is 12.0. The normalized spacial score (nSPS) is 15.8. The van der Waals surface area contributed by atoms with Crippen LogP contribution in [0.3, 0.4) is 0 Å². The maximum Gasteiger partial charge on any atom is 0.329 e. The second-order valence-corrected chi connectivity index (χ2v) is 4.89. The van der Waals surface area contributed by atoms with E-state index in [1.807, 2.05) is 0 Å². The van der Waals surface area contributed by atoms with E-state index in [4.69, 9.17) is 4.74 Å². The summed E-state index contributed by atoms with van der Waals surface area (Å²) in [6.45, 7) is 2.02. The number of carbonyl (C=O) groups excluding carboxylic acids is 2. The van der Waals surface area contributed by atoms with Crippen LogP contribution in [-0.4, -0.2) is 33.5 Å². The average molecular weight is 280 g/mol. The lowest BCUT2D eigenvalue weighted by Gasteiger charge is -2.19. The van der Waals surface area contributed by atoms with Crippen molar-refractivity contribution in [3.8, 4) is 0 Å².